The summed E-state index contributed by atoms with van der Waals surface area (Å²) < 4.78 is 13.1. The van der Waals surface area contributed by atoms with Gasteiger partial charge in [-0.25, -0.2) is 4.39 Å². The summed E-state index contributed by atoms with van der Waals surface area (Å²) in [5.74, 6) is 0.834. The lowest BCUT2D eigenvalue weighted by Gasteiger charge is -2.09. The molecule has 0 fully saturated rings. The molecule has 5 nitrogen and oxygen atoms in total. The molecule has 0 saturated carbocycles. The quantitative estimate of drug-likeness (QED) is 0.788. The van der Waals surface area contributed by atoms with Crippen molar-refractivity contribution in [1.82, 2.24) is 9.97 Å². The maximum atomic E-state index is 13.1. The molecule has 0 radical (unpaired) electrons. The van der Waals surface area contributed by atoms with E-state index < -0.39 is 5.82 Å². The van der Waals surface area contributed by atoms with Gasteiger partial charge in [0.25, 0.3) is 0 Å². The summed E-state index contributed by atoms with van der Waals surface area (Å²) in [4.78, 5) is 8.14. The predicted molar refractivity (Wildman–Crippen MR) is 79.9 cm³/mol. The third kappa shape index (κ3) is 3.71. The molecular formula is C13H15ClFN5. The molecule has 0 atom stereocenters. The summed E-state index contributed by atoms with van der Waals surface area (Å²) in [6.45, 7) is 2.84. The van der Waals surface area contributed by atoms with Gasteiger partial charge in [-0.05, 0) is 24.6 Å². The Morgan fingerprint density at radius 3 is 2.70 bits per heavy atom. The number of aromatic nitrogens is 2. The first-order valence-electron chi connectivity index (χ1n) is 6.19. The molecule has 4 N–H and O–H groups in total. The Balaban J connectivity index is 2.19. The van der Waals surface area contributed by atoms with Gasteiger partial charge < -0.3 is 16.4 Å². The molecule has 1 aromatic carbocycles. The van der Waals surface area contributed by atoms with Gasteiger partial charge in [-0.15, -0.1) is 0 Å². The van der Waals surface area contributed by atoms with Gasteiger partial charge >= 0.3 is 0 Å². The van der Waals surface area contributed by atoms with Crippen LogP contribution in [0.2, 0.25) is 5.02 Å². The molecule has 20 heavy (non-hydrogen) atoms. The van der Waals surface area contributed by atoms with Gasteiger partial charge in [0, 0.05) is 18.3 Å². The fourth-order valence-electron chi connectivity index (χ4n) is 1.60. The second-order valence-corrected chi connectivity index (χ2v) is 4.58. The second kappa shape index (κ2) is 6.38. The van der Waals surface area contributed by atoms with Crippen LogP contribution in [0.4, 0.5) is 27.7 Å². The number of rotatable bonds is 5. The Labute approximate surface area is 121 Å². The van der Waals surface area contributed by atoms with Crippen LogP contribution in [0.5, 0.6) is 0 Å². The van der Waals surface area contributed by atoms with Crippen LogP contribution in [0, 0.1) is 5.82 Å². The SMILES string of the molecule is CCCNc1cc(Nc2ccc(F)c(Cl)c2)nc(N)n1. The van der Waals surface area contributed by atoms with E-state index in [0.29, 0.717) is 17.3 Å². The van der Waals surface area contributed by atoms with Crippen LogP contribution < -0.4 is 16.4 Å². The summed E-state index contributed by atoms with van der Waals surface area (Å²) in [6, 6.07) is 6.06. The Hall–Kier alpha value is -2.08. The van der Waals surface area contributed by atoms with Crippen LogP contribution in [0.25, 0.3) is 0 Å². The summed E-state index contributed by atoms with van der Waals surface area (Å²) in [5.41, 5.74) is 6.27. The summed E-state index contributed by atoms with van der Waals surface area (Å²) in [5, 5.41) is 6.17. The molecule has 0 aliphatic rings. The van der Waals surface area contributed by atoms with Crippen LogP contribution in [0.15, 0.2) is 24.3 Å². The van der Waals surface area contributed by atoms with Crippen LogP contribution >= 0.6 is 11.6 Å². The number of nitrogens with zero attached hydrogens (tertiary/aromatic N) is 2. The Morgan fingerprint density at radius 2 is 2.00 bits per heavy atom. The van der Waals surface area contributed by atoms with Crippen LogP contribution in [0.1, 0.15) is 13.3 Å². The Bertz CT molecular complexity index is 605. The molecule has 2 rings (SSSR count). The van der Waals surface area contributed by atoms with Gasteiger partial charge in [0.2, 0.25) is 5.95 Å². The number of anilines is 4. The van der Waals surface area contributed by atoms with Gasteiger partial charge in [-0.2, -0.15) is 9.97 Å². The molecule has 7 heteroatoms. The molecule has 2 aromatic rings. The first-order chi connectivity index (χ1) is 9.58. The van der Waals surface area contributed by atoms with Gasteiger partial charge in [-0.3, -0.25) is 0 Å². The number of nitrogens with two attached hydrogens (primary N) is 1. The highest BCUT2D eigenvalue weighted by molar-refractivity contribution is 6.31. The highest BCUT2D eigenvalue weighted by Crippen LogP contribution is 2.23. The summed E-state index contributed by atoms with van der Waals surface area (Å²) >= 11 is 5.73. The van der Waals surface area contributed by atoms with Gasteiger partial charge in [0.15, 0.2) is 0 Å². The Morgan fingerprint density at radius 1 is 1.25 bits per heavy atom. The molecular weight excluding hydrogens is 281 g/mol. The molecule has 0 unspecified atom stereocenters. The zero-order valence-corrected chi connectivity index (χ0v) is 11.7. The van der Waals surface area contributed by atoms with E-state index in [0.717, 1.165) is 13.0 Å². The number of nitrogens with one attached hydrogen (secondary N) is 2. The average molecular weight is 296 g/mol. The van der Waals surface area contributed by atoms with Crippen molar-refractivity contribution >= 4 is 34.9 Å². The van der Waals surface area contributed by atoms with Crippen LogP contribution in [-0.2, 0) is 0 Å². The van der Waals surface area contributed by atoms with E-state index in [-0.39, 0.29) is 11.0 Å². The molecule has 0 amide bonds. The van der Waals surface area contributed by atoms with Crippen molar-refractivity contribution < 1.29 is 4.39 Å². The summed E-state index contributed by atoms with van der Waals surface area (Å²) in [6.07, 6.45) is 0.972. The number of halogens is 2. The molecule has 0 aliphatic carbocycles. The van der Waals surface area contributed by atoms with E-state index in [1.165, 1.54) is 12.1 Å². The van der Waals surface area contributed by atoms with Gasteiger partial charge in [0.05, 0.1) is 5.02 Å². The third-order valence-corrected chi connectivity index (χ3v) is 2.78. The van der Waals surface area contributed by atoms with Crippen LogP contribution in [0.3, 0.4) is 0 Å². The van der Waals surface area contributed by atoms with E-state index in [1.54, 1.807) is 12.1 Å². The molecule has 0 bridgehead atoms. The van der Waals surface area contributed by atoms with E-state index in [1.807, 2.05) is 0 Å². The van der Waals surface area contributed by atoms with Crippen molar-refractivity contribution in [3.05, 3.63) is 35.1 Å². The maximum Gasteiger partial charge on any atom is 0.223 e. The van der Waals surface area contributed by atoms with Gasteiger partial charge in [0.1, 0.15) is 17.5 Å². The number of hydrogen-bond acceptors (Lipinski definition) is 5. The second-order valence-electron chi connectivity index (χ2n) is 4.18. The van der Waals surface area contributed by atoms with Crippen molar-refractivity contribution in [2.75, 3.05) is 22.9 Å². The maximum absolute atomic E-state index is 13.1. The van der Waals surface area contributed by atoms with Crippen molar-refractivity contribution in [3.63, 3.8) is 0 Å². The molecule has 1 aromatic heterocycles. The smallest absolute Gasteiger partial charge is 0.223 e. The minimum atomic E-state index is -0.468. The first kappa shape index (κ1) is 14.3. The monoisotopic (exact) mass is 295 g/mol. The predicted octanol–water partition coefficient (Wildman–Crippen LogP) is 3.42. The van der Waals surface area contributed by atoms with Crippen molar-refractivity contribution in [3.8, 4) is 0 Å². The molecule has 106 valence electrons. The fraction of sp³-hybridized carbons (Fsp3) is 0.231. The minimum Gasteiger partial charge on any atom is -0.370 e. The molecule has 1 heterocycles. The van der Waals surface area contributed by atoms with Crippen molar-refractivity contribution in [1.29, 1.82) is 0 Å². The van der Waals surface area contributed by atoms with Gasteiger partial charge in [-0.1, -0.05) is 18.5 Å². The largest absolute Gasteiger partial charge is 0.370 e. The number of nitrogen functional groups attached to an aromatic ring is 1. The highest BCUT2D eigenvalue weighted by Gasteiger charge is 2.05. The Kier molecular flexibility index (Phi) is 4.57. The van der Waals surface area contributed by atoms with Crippen LogP contribution in [-0.4, -0.2) is 16.5 Å². The lowest BCUT2D eigenvalue weighted by molar-refractivity contribution is 0.628. The zero-order chi connectivity index (χ0) is 14.5. The van der Waals surface area contributed by atoms with E-state index in [4.69, 9.17) is 17.3 Å². The average Bonchev–Trinajstić information content (AvgIpc) is 2.40. The van der Waals surface area contributed by atoms with Crippen molar-refractivity contribution in [2.24, 2.45) is 0 Å². The lowest BCUT2D eigenvalue weighted by Crippen LogP contribution is -2.06. The first-order valence-corrected chi connectivity index (χ1v) is 6.57. The third-order valence-electron chi connectivity index (χ3n) is 2.49. The van der Waals surface area contributed by atoms with Crippen molar-refractivity contribution in [2.45, 2.75) is 13.3 Å². The standard InChI is InChI=1S/C13H15ClFN5/c1-2-5-17-11-7-12(20-13(16)19-11)18-8-3-4-10(15)9(14)6-8/h3-4,6-7H,2,5H2,1H3,(H4,16,17,18,19,20). The minimum absolute atomic E-state index is 0.0429. The lowest BCUT2D eigenvalue weighted by atomic mass is 10.3. The fourth-order valence-corrected chi connectivity index (χ4v) is 1.78. The zero-order valence-electron chi connectivity index (χ0n) is 11.0. The van der Waals surface area contributed by atoms with E-state index in [9.17, 15) is 4.39 Å². The number of hydrogen-bond donors (Lipinski definition) is 3. The highest BCUT2D eigenvalue weighted by atomic mass is 35.5. The molecule has 0 spiro atoms. The van der Waals surface area contributed by atoms with E-state index >= 15 is 0 Å². The van der Waals surface area contributed by atoms with E-state index in [2.05, 4.69) is 27.5 Å². The topological polar surface area (TPSA) is 75.9 Å². The molecule has 0 aliphatic heterocycles. The molecule has 0 saturated heterocycles. The normalized spacial score (nSPS) is 10.3. The summed E-state index contributed by atoms with van der Waals surface area (Å²) in [7, 11) is 0. The number of benzene rings is 1.